The SMILES string of the molecule is Cc1ccc(S(=O)(=O)N(CC(=O)N(Cc2ccccc2F)[C@@H](C)C(=O)NC(C)(C)C)c2ccc(Cl)c(Cl)c2)cc1. The van der Waals surface area contributed by atoms with E-state index >= 15 is 0 Å². The van der Waals surface area contributed by atoms with Crippen molar-refractivity contribution in [3.63, 3.8) is 0 Å². The van der Waals surface area contributed by atoms with E-state index in [9.17, 15) is 22.4 Å². The number of halogens is 3. The van der Waals surface area contributed by atoms with Crippen molar-refractivity contribution in [1.82, 2.24) is 10.2 Å². The second kappa shape index (κ2) is 12.6. The first kappa shape index (κ1) is 31.4. The normalized spacial score (nSPS) is 12.5. The fraction of sp³-hybridized carbons (Fsp3) is 0.310. The summed E-state index contributed by atoms with van der Waals surface area (Å²) < 4.78 is 43.2. The highest BCUT2D eigenvalue weighted by Crippen LogP contribution is 2.31. The molecule has 1 N–H and O–H groups in total. The minimum absolute atomic E-state index is 0.0452. The van der Waals surface area contributed by atoms with Gasteiger partial charge < -0.3 is 10.2 Å². The van der Waals surface area contributed by atoms with Crippen molar-refractivity contribution >= 4 is 50.7 Å². The minimum atomic E-state index is -4.28. The molecule has 0 fully saturated rings. The lowest BCUT2D eigenvalue weighted by Crippen LogP contribution is -2.54. The number of rotatable bonds is 9. The zero-order valence-electron chi connectivity index (χ0n) is 22.9. The van der Waals surface area contributed by atoms with Gasteiger partial charge >= 0.3 is 0 Å². The third-order valence-corrected chi connectivity index (χ3v) is 8.57. The van der Waals surface area contributed by atoms with Gasteiger partial charge in [0.15, 0.2) is 0 Å². The number of nitrogens with zero attached hydrogens (tertiary/aromatic N) is 2. The zero-order valence-corrected chi connectivity index (χ0v) is 25.2. The van der Waals surface area contributed by atoms with Gasteiger partial charge in [0.05, 0.1) is 20.6 Å². The van der Waals surface area contributed by atoms with Crippen molar-refractivity contribution in [3.8, 4) is 0 Å². The number of hydrogen-bond acceptors (Lipinski definition) is 4. The van der Waals surface area contributed by atoms with Gasteiger partial charge in [0, 0.05) is 17.6 Å². The second-order valence-electron chi connectivity index (χ2n) is 10.5. The minimum Gasteiger partial charge on any atom is -0.350 e. The van der Waals surface area contributed by atoms with Crippen LogP contribution in [0.25, 0.3) is 0 Å². The highest BCUT2D eigenvalue weighted by molar-refractivity contribution is 7.92. The molecule has 3 aromatic carbocycles. The molecule has 0 aliphatic carbocycles. The Morgan fingerprint density at radius 3 is 2.17 bits per heavy atom. The van der Waals surface area contributed by atoms with E-state index in [0.29, 0.717) is 0 Å². The number of aryl methyl sites for hydroxylation is 1. The summed E-state index contributed by atoms with van der Waals surface area (Å²) in [6.07, 6.45) is 0. The van der Waals surface area contributed by atoms with Crippen LogP contribution in [0.1, 0.15) is 38.8 Å². The Labute approximate surface area is 244 Å². The smallest absolute Gasteiger partial charge is 0.264 e. The molecule has 0 radical (unpaired) electrons. The van der Waals surface area contributed by atoms with Crippen LogP contribution in [0.2, 0.25) is 10.0 Å². The molecule has 0 bridgehead atoms. The van der Waals surface area contributed by atoms with Crippen LogP contribution in [0.5, 0.6) is 0 Å². The van der Waals surface area contributed by atoms with Crippen LogP contribution in [-0.4, -0.2) is 43.3 Å². The molecule has 0 aliphatic rings. The van der Waals surface area contributed by atoms with Crippen LogP contribution in [0.15, 0.2) is 71.6 Å². The summed E-state index contributed by atoms with van der Waals surface area (Å²) in [5.74, 6) is -1.75. The number of hydrogen-bond donors (Lipinski definition) is 1. The predicted octanol–water partition coefficient (Wildman–Crippen LogP) is 5.97. The first-order valence-electron chi connectivity index (χ1n) is 12.5. The molecule has 0 unspecified atom stereocenters. The van der Waals surface area contributed by atoms with Gasteiger partial charge in [0.2, 0.25) is 11.8 Å². The zero-order chi connectivity index (χ0) is 29.8. The Bertz CT molecular complexity index is 1490. The summed E-state index contributed by atoms with van der Waals surface area (Å²) in [5, 5.41) is 3.13. The summed E-state index contributed by atoms with van der Waals surface area (Å²) in [4.78, 5) is 28.1. The van der Waals surface area contributed by atoms with Gasteiger partial charge in [-0.05, 0) is 71.0 Å². The molecule has 0 spiro atoms. The first-order chi connectivity index (χ1) is 18.6. The molecule has 0 saturated carbocycles. The number of sulfonamides is 1. The monoisotopic (exact) mass is 607 g/mol. The van der Waals surface area contributed by atoms with Crippen molar-refractivity contribution in [2.24, 2.45) is 0 Å². The number of benzene rings is 3. The predicted molar refractivity (Wildman–Crippen MR) is 156 cm³/mol. The van der Waals surface area contributed by atoms with Crippen molar-refractivity contribution in [2.75, 3.05) is 10.8 Å². The largest absolute Gasteiger partial charge is 0.350 e. The molecular weight excluding hydrogens is 576 g/mol. The molecule has 11 heteroatoms. The van der Waals surface area contributed by atoms with Crippen molar-refractivity contribution in [3.05, 3.63) is 93.7 Å². The summed E-state index contributed by atoms with van der Waals surface area (Å²) in [7, 11) is -4.28. The highest BCUT2D eigenvalue weighted by Gasteiger charge is 2.34. The molecular formula is C29H32Cl2FN3O4S. The number of anilines is 1. The third kappa shape index (κ3) is 7.74. The van der Waals surface area contributed by atoms with Gasteiger partial charge in [-0.3, -0.25) is 13.9 Å². The Morgan fingerprint density at radius 1 is 0.975 bits per heavy atom. The number of carbonyl (C=O) groups is 2. The van der Waals surface area contributed by atoms with E-state index < -0.39 is 45.8 Å². The quantitative estimate of drug-likeness (QED) is 0.325. The van der Waals surface area contributed by atoms with Gasteiger partial charge in [-0.2, -0.15) is 0 Å². The molecule has 0 heterocycles. The Balaban J connectivity index is 2.08. The fourth-order valence-corrected chi connectivity index (χ4v) is 5.57. The summed E-state index contributed by atoms with van der Waals surface area (Å²) in [6, 6.07) is 15.2. The topological polar surface area (TPSA) is 86.8 Å². The molecule has 0 aliphatic heterocycles. The van der Waals surface area contributed by atoms with Crippen molar-refractivity contribution in [1.29, 1.82) is 0 Å². The van der Waals surface area contributed by atoms with Crippen molar-refractivity contribution < 1.29 is 22.4 Å². The fourth-order valence-electron chi connectivity index (χ4n) is 3.87. The van der Waals surface area contributed by atoms with E-state index in [1.165, 1.54) is 55.5 Å². The highest BCUT2D eigenvalue weighted by atomic mass is 35.5. The Hall–Kier alpha value is -3.14. The second-order valence-corrected chi connectivity index (χ2v) is 13.1. The maximum Gasteiger partial charge on any atom is 0.264 e. The maximum atomic E-state index is 14.6. The molecule has 1 atom stereocenters. The van der Waals surface area contributed by atoms with Gasteiger partial charge in [0.25, 0.3) is 10.0 Å². The lowest BCUT2D eigenvalue weighted by Gasteiger charge is -2.33. The molecule has 0 aromatic heterocycles. The molecule has 0 saturated heterocycles. The Kier molecular flexibility index (Phi) is 9.87. The van der Waals surface area contributed by atoms with E-state index in [1.54, 1.807) is 39.0 Å². The van der Waals surface area contributed by atoms with Crippen molar-refractivity contribution in [2.45, 2.75) is 57.6 Å². The molecule has 3 rings (SSSR count). The number of amides is 2. The van der Waals surface area contributed by atoms with Crippen LogP contribution in [0, 0.1) is 12.7 Å². The first-order valence-corrected chi connectivity index (χ1v) is 14.7. The average Bonchev–Trinajstić information content (AvgIpc) is 2.87. The Morgan fingerprint density at radius 2 is 1.60 bits per heavy atom. The molecule has 40 heavy (non-hydrogen) atoms. The van der Waals surface area contributed by atoms with E-state index in [2.05, 4.69) is 5.32 Å². The average molecular weight is 609 g/mol. The number of nitrogens with one attached hydrogen (secondary N) is 1. The van der Waals surface area contributed by atoms with E-state index in [0.717, 1.165) is 14.8 Å². The van der Waals surface area contributed by atoms with E-state index in [-0.39, 0.29) is 32.7 Å². The molecule has 7 nitrogen and oxygen atoms in total. The van der Waals surface area contributed by atoms with Crippen LogP contribution in [0.3, 0.4) is 0 Å². The molecule has 214 valence electrons. The van der Waals surface area contributed by atoms with Gasteiger partial charge in [-0.1, -0.05) is 59.1 Å². The van der Waals surface area contributed by atoms with Crippen LogP contribution < -0.4 is 9.62 Å². The summed E-state index contributed by atoms with van der Waals surface area (Å²) in [5.41, 5.74) is 0.527. The molecule has 3 aromatic rings. The number of carbonyl (C=O) groups excluding carboxylic acids is 2. The standard InChI is InChI=1S/C29H32Cl2FN3O4S/c1-19-10-13-23(14-11-19)40(38,39)35(22-12-15-24(30)25(31)16-22)18-27(36)34(17-21-8-6-7-9-26(21)32)20(2)28(37)33-29(3,4)5/h6-16,20H,17-18H2,1-5H3,(H,33,37)/t20-/m0/s1. The third-order valence-electron chi connectivity index (χ3n) is 6.04. The molecule has 2 amide bonds. The van der Waals surface area contributed by atoms with Gasteiger partial charge in [0.1, 0.15) is 18.4 Å². The van der Waals surface area contributed by atoms with E-state index in [4.69, 9.17) is 23.2 Å². The van der Waals surface area contributed by atoms with E-state index in [1.807, 2.05) is 6.92 Å². The van der Waals surface area contributed by atoms with Gasteiger partial charge in [-0.25, -0.2) is 12.8 Å². The van der Waals surface area contributed by atoms with Crippen LogP contribution in [0.4, 0.5) is 10.1 Å². The van der Waals surface area contributed by atoms with Crippen LogP contribution >= 0.6 is 23.2 Å². The van der Waals surface area contributed by atoms with Gasteiger partial charge in [-0.15, -0.1) is 0 Å². The maximum absolute atomic E-state index is 14.6. The lowest BCUT2D eigenvalue weighted by atomic mass is 10.1. The summed E-state index contributed by atoms with van der Waals surface area (Å²) >= 11 is 12.3. The summed E-state index contributed by atoms with van der Waals surface area (Å²) in [6.45, 7) is 7.77. The lowest BCUT2D eigenvalue weighted by molar-refractivity contribution is -0.140. The van der Waals surface area contributed by atoms with Crippen LogP contribution in [-0.2, 0) is 26.2 Å².